The van der Waals surface area contributed by atoms with E-state index in [0.717, 1.165) is 77.8 Å². The van der Waals surface area contributed by atoms with Gasteiger partial charge in [0.05, 0.1) is 44.5 Å². The zero-order valence-electron chi connectivity index (χ0n) is 32.3. The molecule has 0 saturated carbocycles. The summed E-state index contributed by atoms with van der Waals surface area (Å²) in [5.41, 5.74) is 11.9. The Morgan fingerprint density at radius 3 is 2.10 bits per heavy atom. The molecule has 0 atom stereocenters. The molecule has 1 aliphatic heterocycles. The first-order valence-electron chi connectivity index (χ1n) is 19.6. The molecular weight excluding hydrogens is 713 g/mol. The first kappa shape index (κ1) is 33.9. The number of hydrogen-bond acceptors (Lipinski definition) is 3. The van der Waals surface area contributed by atoms with E-state index in [1.165, 1.54) is 0 Å². The fourth-order valence-corrected chi connectivity index (χ4v) is 8.36. The highest BCUT2D eigenvalue weighted by Crippen LogP contribution is 2.44. The Morgan fingerprint density at radius 1 is 0.552 bits per heavy atom. The van der Waals surface area contributed by atoms with Crippen molar-refractivity contribution in [3.05, 3.63) is 188 Å². The van der Waals surface area contributed by atoms with Gasteiger partial charge in [-0.25, -0.2) is 4.98 Å². The maximum absolute atomic E-state index is 7.11. The van der Waals surface area contributed by atoms with Gasteiger partial charge >= 0.3 is 0 Å². The largest absolute Gasteiger partial charge is 0.458 e. The van der Waals surface area contributed by atoms with Crippen molar-refractivity contribution >= 4 is 32.8 Å². The fourth-order valence-electron chi connectivity index (χ4n) is 8.36. The number of imidazole rings is 1. The second-order valence-corrected chi connectivity index (χ2v) is 15.9. The van der Waals surface area contributed by atoms with Crippen LogP contribution in [0.2, 0.25) is 0 Å². The van der Waals surface area contributed by atoms with E-state index in [1.807, 2.05) is 24.3 Å². The predicted molar refractivity (Wildman–Crippen MR) is 232 cm³/mol. The predicted octanol–water partition coefficient (Wildman–Crippen LogP) is 12.7. The fraction of sp³-hybridized carbons (Fsp3) is 0.0769. The van der Waals surface area contributed by atoms with Crippen LogP contribution < -0.4 is 14.0 Å². The van der Waals surface area contributed by atoms with Crippen LogP contribution in [0.5, 0.6) is 23.1 Å². The van der Waals surface area contributed by atoms with Gasteiger partial charge in [0.1, 0.15) is 17.2 Å². The highest BCUT2D eigenvalue weighted by Gasteiger charge is 2.24. The lowest BCUT2D eigenvalue weighted by atomic mass is 9.86. The van der Waals surface area contributed by atoms with E-state index in [0.29, 0.717) is 23.1 Å². The molecule has 6 nitrogen and oxygen atoms in total. The third-order valence-corrected chi connectivity index (χ3v) is 11.1. The van der Waals surface area contributed by atoms with Crippen molar-refractivity contribution in [3.8, 4) is 62.6 Å². The standard InChI is InChI=1S/C52H38N4O2/c1-52(2,3)34-28-43-40-21-8-7-20-39(40)41-22-9-11-24-44(41)55-33-54(46-26-13-14-27-47(46)55)36-18-15-19-37(30-36)57-38-31-48-51(49(32-38)58-50(29-34)53-43)42-23-10-12-25-45(42)56(48)35-16-5-4-6-17-35/h4-32H,1-3H3. The molecule has 0 unspecified atom stereocenters. The molecule has 0 amide bonds. The van der Waals surface area contributed by atoms with Gasteiger partial charge in [0.25, 0.3) is 6.33 Å². The molecule has 4 heterocycles. The van der Waals surface area contributed by atoms with Crippen molar-refractivity contribution in [2.75, 3.05) is 0 Å². The molecule has 278 valence electrons. The molecule has 0 N–H and O–H groups in total. The zero-order chi connectivity index (χ0) is 39.0. The Kier molecular flexibility index (Phi) is 7.63. The second kappa shape index (κ2) is 13.1. The number of hydrogen-bond donors (Lipinski definition) is 0. The first-order chi connectivity index (χ1) is 28.4. The van der Waals surface area contributed by atoms with Crippen LogP contribution in [0.25, 0.3) is 72.3 Å². The van der Waals surface area contributed by atoms with Crippen molar-refractivity contribution in [2.24, 2.45) is 0 Å². The summed E-state index contributed by atoms with van der Waals surface area (Å²) in [5.74, 6) is 2.50. The Labute approximate surface area is 336 Å². The Bertz CT molecular complexity index is 3220. The van der Waals surface area contributed by atoms with Gasteiger partial charge in [-0.1, -0.05) is 130 Å². The molecule has 0 spiro atoms. The van der Waals surface area contributed by atoms with Gasteiger partial charge in [-0.2, -0.15) is 0 Å². The highest BCUT2D eigenvalue weighted by atomic mass is 16.5. The van der Waals surface area contributed by atoms with Crippen molar-refractivity contribution in [2.45, 2.75) is 26.2 Å². The summed E-state index contributed by atoms with van der Waals surface area (Å²) in [6, 6.07) is 61.0. The lowest BCUT2D eigenvalue weighted by molar-refractivity contribution is -0.571. The van der Waals surface area contributed by atoms with Crippen LogP contribution in [0.1, 0.15) is 26.3 Å². The van der Waals surface area contributed by atoms with Gasteiger partial charge in [-0.3, -0.25) is 9.13 Å². The molecule has 0 radical (unpaired) electrons. The molecule has 11 rings (SSSR count). The van der Waals surface area contributed by atoms with Crippen LogP contribution in [0.15, 0.2) is 176 Å². The average molecular weight is 751 g/mol. The zero-order valence-corrected chi connectivity index (χ0v) is 32.3. The van der Waals surface area contributed by atoms with E-state index in [2.05, 4.69) is 192 Å². The first-order valence-corrected chi connectivity index (χ1v) is 19.6. The summed E-state index contributed by atoms with van der Waals surface area (Å²) < 4.78 is 20.5. The van der Waals surface area contributed by atoms with Crippen LogP contribution in [-0.4, -0.2) is 14.1 Å². The number of fused-ring (bicyclic) bond motifs is 21. The normalized spacial score (nSPS) is 12.3. The molecule has 0 fully saturated rings. The van der Waals surface area contributed by atoms with Gasteiger partial charge in [-0.15, -0.1) is 0 Å². The average Bonchev–Trinajstić information content (AvgIpc) is 3.80. The number of nitrogens with zero attached hydrogens (tertiary/aromatic N) is 4. The SMILES string of the molecule is CC(C)(C)c1cc2nc(c1)-c1ccccc1-c1ccccc1-[n+]1[c-]n(c3ccccc31)-c1cccc(c1)Oc1cc(c3c4ccccc4n(-c4ccccc4)c3c1)O2. The molecular formula is C52H38N4O2. The maximum Gasteiger partial charge on any atom is 0.269 e. The highest BCUT2D eigenvalue weighted by molar-refractivity contribution is 6.13. The molecule has 58 heavy (non-hydrogen) atoms. The lowest BCUT2D eigenvalue weighted by Gasteiger charge is -2.22. The number of pyridine rings is 1. The van der Waals surface area contributed by atoms with E-state index in [-0.39, 0.29) is 5.41 Å². The molecule has 0 saturated heterocycles. The van der Waals surface area contributed by atoms with Crippen molar-refractivity contribution in [3.63, 3.8) is 0 Å². The molecule has 6 heteroatoms. The summed E-state index contributed by atoms with van der Waals surface area (Å²) >= 11 is 0. The second-order valence-electron chi connectivity index (χ2n) is 15.9. The van der Waals surface area contributed by atoms with Gasteiger partial charge in [0, 0.05) is 34.8 Å². The Hall–Kier alpha value is -7.44. The number of benzene rings is 7. The summed E-state index contributed by atoms with van der Waals surface area (Å²) in [5, 5.41) is 2.05. The van der Waals surface area contributed by atoms with Gasteiger partial charge in [0.2, 0.25) is 5.88 Å². The smallest absolute Gasteiger partial charge is 0.269 e. The number of ether oxygens (including phenoxy) is 2. The van der Waals surface area contributed by atoms with Crippen molar-refractivity contribution in [1.29, 1.82) is 0 Å². The van der Waals surface area contributed by atoms with Gasteiger partial charge in [-0.05, 0) is 70.6 Å². The summed E-state index contributed by atoms with van der Waals surface area (Å²) in [7, 11) is 0. The van der Waals surface area contributed by atoms with E-state index < -0.39 is 0 Å². The van der Waals surface area contributed by atoms with Crippen LogP contribution in [0.4, 0.5) is 0 Å². The molecule has 1 aliphatic rings. The summed E-state index contributed by atoms with van der Waals surface area (Å²) in [6.07, 6.45) is 3.73. The number of aromatic nitrogens is 4. The van der Waals surface area contributed by atoms with Crippen LogP contribution in [0.3, 0.4) is 0 Å². The monoisotopic (exact) mass is 750 g/mol. The maximum atomic E-state index is 7.11. The third kappa shape index (κ3) is 5.56. The number of para-hydroxylation sites is 5. The van der Waals surface area contributed by atoms with E-state index >= 15 is 0 Å². The quantitative estimate of drug-likeness (QED) is 0.124. The molecule has 0 aliphatic carbocycles. The van der Waals surface area contributed by atoms with Crippen molar-refractivity contribution < 1.29 is 14.0 Å². The minimum absolute atomic E-state index is 0.194. The third-order valence-electron chi connectivity index (χ3n) is 11.1. The lowest BCUT2D eigenvalue weighted by Crippen LogP contribution is -2.30. The number of rotatable bonds is 1. The minimum atomic E-state index is -0.194. The van der Waals surface area contributed by atoms with E-state index in [4.69, 9.17) is 14.5 Å². The molecule has 3 aromatic heterocycles. The van der Waals surface area contributed by atoms with Crippen molar-refractivity contribution in [1.82, 2.24) is 14.1 Å². The van der Waals surface area contributed by atoms with E-state index in [1.54, 1.807) is 0 Å². The Morgan fingerprint density at radius 2 is 1.26 bits per heavy atom. The molecule has 8 bridgehead atoms. The summed E-state index contributed by atoms with van der Waals surface area (Å²) in [6.45, 7) is 6.68. The molecule has 10 aromatic rings. The molecule has 7 aromatic carbocycles. The van der Waals surface area contributed by atoms with Crippen LogP contribution in [-0.2, 0) is 5.41 Å². The Balaban J connectivity index is 1.25. The topological polar surface area (TPSA) is 45.1 Å². The minimum Gasteiger partial charge on any atom is -0.458 e. The van der Waals surface area contributed by atoms with Crippen LogP contribution >= 0.6 is 0 Å². The van der Waals surface area contributed by atoms with Crippen LogP contribution in [0, 0.1) is 6.33 Å². The van der Waals surface area contributed by atoms with E-state index in [9.17, 15) is 0 Å². The summed E-state index contributed by atoms with van der Waals surface area (Å²) in [4.78, 5) is 5.33. The van der Waals surface area contributed by atoms with Gasteiger partial charge < -0.3 is 14.0 Å². The van der Waals surface area contributed by atoms with Gasteiger partial charge in [0.15, 0.2) is 0 Å².